The molecule has 2 aromatic carbocycles. The van der Waals surface area contributed by atoms with Crippen molar-refractivity contribution in [1.29, 1.82) is 0 Å². The number of alkyl halides is 3. The molecular formula is C27H35F3N4O5. The summed E-state index contributed by atoms with van der Waals surface area (Å²) in [5.41, 5.74) is 3.18. The molecule has 1 aliphatic heterocycles. The maximum Gasteiger partial charge on any atom is 0.490 e. The first-order valence-electron chi connectivity index (χ1n) is 12.6. The highest BCUT2D eigenvalue weighted by Crippen LogP contribution is 2.26. The third-order valence-electron chi connectivity index (χ3n) is 5.76. The number of carbonyl (C=O) groups is 3. The maximum absolute atomic E-state index is 13.2. The Balaban J connectivity index is 0.000000673. The molecule has 1 fully saturated rings. The number of piperazine rings is 1. The Hall–Kier alpha value is -3.80. The number of hydrogen-bond donors (Lipinski definition) is 4. The number of halogens is 3. The number of anilines is 2. The predicted molar refractivity (Wildman–Crippen MR) is 142 cm³/mol. The average Bonchev–Trinajstić information content (AvgIpc) is 2.90. The second kappa shape index (κ2) is 14.4. The van der Waals surface area contributed by atoms with Gasteiger partial charge in [-0.25, -0.2) is 4.79 Å². The van der Waals surface area contributed by atoms with Crippen molar-refractivity contribution in [3.05, 3.63) is 53.6 Å². The number of aliphatic carboxylic acids is 1. The SMILES string of the molecule is CCOc1ccc(NC(=O)C(C)C)cc1C(=O)NC(C)c1cccc(N2CCNCC2)c1.O=C(O)C(F)(F)F. The molecule has 2 amide bonds. The van der Waals surface area contributed by atoms with E-state index in [4.69, 9.17) is 14.6 Å². The van der Waals surface area contributed by atoms with Gasteiger partial charge in [-0.2, -0.15) is 13.2 Å². The Kier molecular flexibility index (Phi) is 11.6. The van der Waals surface area contributed by atoms with E-state index in [1.807, 2.05) is 39.8 Å². The zero-order valence-electron chi connectivity index (χ0n) is 22.4. The molecule has 4 N–H and O–H groups in total. The second-order valence-electron chi connectivity index (χ2n) is 9.12. The summed E-state index contributed by atoms with van der Waals surface area (Å²) in [7, 11) is 0. The van der Waals surface area contributed by atoms with Crippen LogP contribution in [-0.2, 0) is 9.59 Å². The molecule has 2 aromatic rings. The quantitative estimate of drug-likeness (QED) is 0.387. The molecule has 12 heteroatoms. The highest BCUT2D eigenvalue weighted by Gasteiger charge is 2.38. The van der Waals surface area contributed by atoms with Crippen molar-refractivity contribution in [2.24, 2.45) is 5.92 Å². The largest absolute Gasteiger partial charge is 0.493 e. The lowest BCUT2D eigenvalue weighted by atomic mass is 10.1. The van der Waals surface area contributed by atoms with Gasteiger partial charge in [-0.05, 0) is 49.7 Å². The number of benzene rings is 2. The van der Waals surface area contributed by atoms with Gasteiger partial charge >= 0.3 is 12.1 Å². The van der Waals surface area contributed by atoms with Crippen LogP contribution in [0.2, 0.25) is 0 Å². The summed E-state index contributed by atoms with van der Waals surface area (Å²) >= 11 is 0. The van der Waals surface area contributed by atoms with Gasteiger partial charge in [0.1, 0.15) is 5.75 Å². The summed E-state index contributed by atoms with van der Waals surface area (Å²) in [5, 5.41) is 16.4. The van der Waals surface area contributed by atoms with Gasteiger partial charge in [0.2, 0.25) is 5.91 Å². The van der Waals surface area contributed by atoms with Gasteiger partial charge in [0.25, 0.3) is 5.91 Å². The van der Waals surface area contributed by atoms with Crippen molar-refractivity contribution in [2.45, 2.75) is 39.9 Å². The van der Waals surface area contributed by atoms with Crippen molar-refractivity contribution in [1.82, 2.24) is 10.6 Å². The van der Waals surface area contributed by atoms with Crippen LogP contribution in [-0.4, -0.2) is 61.9 Å². The Bertz CT molecular complexity index is 1130. The van der Waals surface area contributed by atoms with Crippen molar-refractivity contribution in [2.75, 3.05) is 43.0 Å². The van der Waals surface area contributed by atoms with Gasteiger partial charge in [-0.3, -0.25) is 9.59 Å². The van der Waals surface area contributed by atoms with Crippen LogP contribution in [0.1, 0.15) is 49.7 Å². The molecule has 1 atom stereocenters. The molecule has 0 bridgehead atoms. The predicted octanol–water partition coefficient (Wildman–Crippen LogP) is 4.21. The fourth-order valence-electron chi connectivity index (χ4n) is 3.62. The number of nitrogens with one attached hydrogen (secondary N) is 3. The molecule has 214 valence electrons. The summed E-state index contributed by atoms with van der Waals surface area (Å²) < 4.78 is 37.4. The first kappa shape index (κ1) is 31.4. The smallest absolute Gasteiger partial charge is 0.490 e. The van der Waals surface area contributed by atoms with E-state index in [2.05, 4.69) is 33.0 Å². The van der Waals surface area contributed by atoms with Gasteiger partial charge < -0.3 is 30.7 Å². The third-order valence-corrected chi connectivity index (χ3v) is 5.76. The zero-order chi connectivity index (χ0) is 29.2. The first-order valence-corrected chi connectivity index (χ1v) is 12.6. The third kappa shape index (κ3) is 9.78. The molecule has 1 heterocycles. The van der Waals surface area contributed by atoms with Crippen molar-refractivity contribution >= 4 is 29.2 Å². The molecule has 0 saturated carbocycles. The molecule has 0 aromatic heterocycles. The monoisotopic (exact) mass is 552 g/mol. The molecule has 1 aliphatic rings. The first-order chi connectivity index (χ1) is 18.3. The summed E-state index contributed by atoms with van der Waals surface area (Å²) in [6.45, 7) is 11.8. The maximum atomic E-state index is 13.2. The van der Waals surface area contributed by atoms with E-state index in [1.54, 1.807) is 18.2 Å². The van der Waals surface area contributed by atoms with E-state index < -0.39 is 12.1 Å². The van der Waals surface area contributed by atoms with Crippen LogP contribution < -0.4 is 25.6 Å². The molecule has 39 heavy (non-hydrogen) atoms. The standard InChI is InChI=1S/C25H34N4O3.C2HF3O2/c1-5-32-23-10-9-20(28-24(30)17(2)3)16-22(23)25(31)27-18(4)19-7-6-8-21(15-19)29-13-11-26-12-14-29;3-2(4,5)1(6)7/h6-10,15-18,26H,5,11-14H2,1-4H3,(H,27,31)(H,28,30);(H,6,7). The van der Waals surface area contributed by atoms with Crippen LogP contribution >= 0.6 is 0 Å². The highest BCUT2D eigenvalue weighted by atomic mass is 19.4. The van der Waals surface area contributed by atoms with E-state index in [0.29, 0.717) is 23.6 Å². The van der Waals surface area contributed by atoms with Gasteiger partial charge in [0.15, 0.2) is 0 Å². The molecule has 0 spiro atoms. The van der Waals surface area contributed by atoms with Crippen molar-refractivity contribution < 1.29 is 37.4 Å². The molecule has 1 unspecified atom stereocenters. The fourth-order valence-corrected chi connectivity index (χ4v) is 3.62. The van der Waals surface area contributed by atoms with E-state index in [1.165, 1.54) is 5.69 Å². The minimum absolute atomic E-state index is 0.0985. The lowest BCUT2D eigenvalue weighted by molar-refractivity contribution is -0.192. The number of amides is 2. The molecule has 1 saturated heterocycles. The van der Waals surface area contributed by atoms with Crippen LogP contribution in [0.3, 0.4) is 0 Å². The highest BCUT2D eigenvalue weighted by molar-refractivity contribution is 6.00. The number of carboxylic acids is 1. The Morgan fingerprint density at radius 3 is 2.28 bits per heavy atom. The molecular weight excluding hydrogens is 517 g/mol. The van der Waals surface area contributed by atoms with Gasteiger partial charge in [0, 0.05) is 43.5 Å². The van der Waals surface area contributed by atoms with Crippen LogP contribution in [0, 0.1) is 5.92 Å². The molecule has 3 rings (SSSR count). The number of carboxylic acid groups (broad SMARTS) is 1. The number of hydrogen-bond acceptors (Lipinski definition) is 6. The summed E-state index contributed by atoms with van der Waals surface area (Å²) in [6.07, 6.45) is -5.08. The Morgan fingerprint density at radius 1 is 1.08 bits per heavy atom. The Labute approximate surface area is 225 Å². The molecule has 0 radical (unpaired) electrons. The summed E-state index contributed by atoms with van der Waals surface area (Å²) in [6, 6.07) is 13.3. The van der Waals surface area contributed by atoms with Crippen LogP contribution in [0.5, 0.6) is 5.75 Å². The number of carbonyl (C=O) groups excluding carboxylic acids is 2. The minimum atomic E-state index is -5.08. The van der Waals surface area contributed by atoms with Crippen molar-refractivity contribution in [3.8, 4) is 5.75 Å². The van der Waals surface area contributed by atoms with E-state index >= 15 is 0 Å². The molecule has 9 nitrogen and oxygen atoms in total. The van der Waals surface area contributed by atoms with Gasteiger partial charge in [-0.15, -0.1) is 0 Å². The van der Waals surface area contributed by atoms with E-state index in [-0.39, 0.29) is 23.8 Å². The summed E-state index contributed by atoms with van der Waals surface area (Å²) in [5.74, 6) is -2.75. The van der Waals surface area contributed by atoms with Gasteiger partial charge in [0.05, 0.1) is 18.2 Å². The van der Waals surface area contributed by atoms with Crippen LogP contribution in [0.4, 0.5) is 24.5 Å². The second-order valence-corrected chi connectivity index (χ2v) is 9.12. The lowest BCUT2D eigenvalue weighted by Crippen LogP contribution is -2.43. The molecule has 0 aliphatic carbocycles. The van der Waals surface area contributed by atoms with E-state index in [9.17, 15) is 22.8 Å². The number of rotatable bonds is 8. The summed E-state index contributed by atoms with van der Waals surface area (Å²) in [4.78, 5) is 36.5. The van der Waals surface area contributed by atoms with Crippen molar-refractivity contribution in [3.63, 3.8) is 0 Å². The Morgan fingerprint density at radius 2 is 1.72 bits per heavy atom. The van der Waals surface area contributed by atoms with Gasteiger partial charge in [-0.1, -0.05) is 26.0 Å². The fraction of sp³-hybridized carbons (Fsp3) is 0.444. The van der Waals surface area contributed by atoms with E-state index in [0.717, 1.165) is 31.7 Å². The number of ether oxygens (including phenoxy) is 1. The number of nitrogens with zero attached hydrogens (tertiary/aromatic N) is 1. The topological polar surface area (TPSA) is 120 Å². The van der Waals surface area contributed by atoms with Crippen LogP contribution in [0.25, 0.3) is 0 Å². The van der Waals surface area contributed by atoms with Crippen LogP contribution in [0.15, 0.2) is 42.5 Å². The average molecular weight is 553 g/mol. The minimum Gasteiger partial charge on any atom is -0.493 e. The normalized spacial score (nSPS) is 14.1. The lowest BCUT2D eigenvalue weighted by Gasteiger charge is -2.30. The zero-order valence-corrected chi connectivity index (χ0v) is 22.4.